The number of hydrogen-bond acceptors (Lipinski definition) is 2. The van der Waals surface area contributed by atoms with Crippen molar-refractivity contribution in [3.63, 3.8) is 0 Å². The third kappa shape index (κ3) is 3.76. The van der Waals surface area contributed by atoms with Gasteiger partial charge < -0.3 is 15.5 Å². The van der Waals surface area contributed by atoms with Crippen molar-refractivity contribution in [2.45, 2.75) is 69.6 Å². The smallest absolute Gasteiger partial charge is 0.337 e. The highest BCUT2D eigenvalue weighted by molar-refractivity contribution is 5.89. The van der Waals surface area contributed by atoms with E-state index < -0.39 is 17.8 Å². The number of carbonyl (C=O) groups excluding carboxylic acids is 2. The van der Waals surface area contributed by atoms with Gasteiger partial charge >= 0.3 is 12.2 Å². The van der Waals surface area contributed by atoms with E-state index in [2.05, 4.69) is 22.5 Å². The Morgan fingerprint density at radius 3 is 2.77 bits per heavy atom. The quantitative estimate of drug-likeness (QED) is 0.719. The highest BCUT2D eigenvalue weighted by atomic mass is 19.4. The summed E-state index contributed by atoms with van der Waals surface area (Å²) in [5.74, 6) is 0.785. The van der Waals surface area contributed by atoms with Crippen molar-refractivity contribution >= 4 is 17.6 Å². The van der Waals surface area contributed by atoms with Gasteiger partial charge in [-0.25, -0.2) is 4.79 Å². The Balaban J connectivity index is 1.44. The van der Waals surface area contributed by atoms with Crippen LogP contribution in [-0.2, 0) is 11.0 Å². The van der Waals surface area contributed by atoms with Gasteiger partial charge in [-0.2, -0.15) is 13.2 Å². The van der Waals surface area contributed by atoms with Crippen LogP contribution in [0.15, 0.2) is 24.3 Å². The van der Waals surface area contributed by atoms with E-state index in [1.165, 1.54) is 12.1 Å². The number of hydrogen-bond donors (Lipinski definition) is 2. The molecule has 2 N–H and O–H groups in total. The maximum Gasteiger partial charge on any atom is 0.416 e. The molecule has 1 aromatic carbocycles. The summed E-state index contributed by atoms with van der Waals surface area (Å²) < 4.78 is 38.7. The summed E-state index contributed by atoms with van der Waals surface area (Å²) in [6, 6.07) is 4.08. The molecule has 2 saturated heterocycles. The third-order valence-corrected chi connectivity index (χ3v) is 7.35. The van der Waals surface area contributed by atoms with Crippen molar-refractivity contribution in [1.82, 2.24) is 10.2 Å². The van der Waals surface area contributed by atoms with Gasteiger partial charge in [0.25, 0.3) is 0 Å². The molecule has 2 heterocycles. The van der Waals surface area contributed by atoms with E-state index in [4.69, 9.17) is 0 Å². The van der Waals surface area contributed by atoms with Crippen molar-refractivity contribution in [3.05, 3.63) is 29.8 Å². The van der Waals surface area contributed by atoms with E-state index in [0.29, 0.717) is 12.3 Å². The molecule has 164 valence electrons. The van der Waals surface area contributed by atoms with Crippen LogP contribution in [0.2, 0.25) is 0 Å². The molecule has 0 unspecified atom stereocenters. The standard InChI is InChI=1S/C22H28F3N3O2/c1-14-17-7-3-8-19(29)28-12-4-10-21(17,28)11-9-18(14)27-20(30)26-16-6-2-5-15(13-16)22(23,24)25/h2,5-6,13-14,17-18H,3-4,7-12H2,1H3,(H2,26,27,30)/t14-,17+,18+,21-/m1/s1. The van der Waals surface area contributed by atoms with Crippen LogP contribution in [0, 0.1) is 11.8 Å². The van der Waals surface area contributed by atoms with E-state index in [-0.39, 0.29) is 29.1 Å². The van der Waals surface area contributed by atoms with Crippen LogP contribution in [0.3, 0.4) is 0 Å². The molecule has 1 aromatic rings. The molecule has 3 amide bonds. The number of anilines is 1. The monoisotopic (exact) mass is 423 g/mol. The third-order valence-electron chi connectivity index (χ3n) is 7.35. The normalized spacial score (nSPS) is 31.5. The number of amides is 3. The minimum atomic E-state index is -4.45. The molecule has 3 fully saturated rings. The molecular weight excluding hydrogens is 395 g/mol. The molecular formula is C22H28F3N3O2. The minimum absolute atomic E-state index is 0.0675. The number of urea groups is 1. The highest BCUT2D eigenvalue weighted by Gasteiger charge is 2.55. The maximum atomic E-state index is 12.9. The molecule has 4 atom stereocenters. The van der Waals surface area contributed by atoms with E-state index in [0.717, 1.165) is 57.2 Å². The first kappa shape index (κ1) is 21.0. The van der Waals surface area contributed by atoms with Crippen LogP contribution in [0.4, 0.5) is 23.7 Å². The lowest BCUT2D eigenvalue weighted by molar-refractivity contribution is -0.138. The zero-order valence-electron chi connectivity index (χ0n) is 17.1. The van der Waals surface area contributed by atoms with Crippen molar-refractivity contribution in [3.8, 4) is 0 Å². The molecule has 8 heteroatoms. The largest absolute Gasteiger partial charge is 0.416 e. The summed E-state index contributed by atoms with van der Waals surface area (Å²) in [4.78, 5) is 27.2. The Bertz CT molecular complexity index is 828. The lowest BCUT2D eigenvalue weighted by atomic mass is 9.63. The van der Waals surface area contributed by atoms with Crippen molar-refractivity contribution in [2.24, 2.45) is 11.8 Å². The molecule has 1 aliphatic carbocycles. The average molecular weight is 423 g/mol. The Kier molecular flexibility index (Phi) is 5.45. The molecule has 30 heavy (non-hydrogen) atoms. The van der Waals surface area contributed by atoms with Gasteiger partial charge in [-0.3, -0.25) is 4.79 Å². The second kappa shape index (κ2) is 7.78. The van der Waals surface area contributed by atoms with Gasteiger partial charge in [0.05, 0.1) is 5.56 Å². The second-order valence-corrected chi connectivity index (χ2v) is 8.93. The highest BCUT2D eigenvalue weighted by Crippen LogP contribution is 2.51. The molecule has 5 nitrogen and oxygen atoms in total. The summed E-state index contributed by atoms with van der Waals surface area (Å²) >= 11 is 0. The SMILES string of the molecule is C[C@H]1[C@@H](NC(=O)Nc2cccc(C(F)(F)F)c2)CC[C@@]23CCCN2C(=O)CCC[C@@H]13. The van der Waals surface area contributed by atoms with Crippen LogP contribution in [-0.4, -0.2) is 35.0 Å². The van der Waals surface area contributed by atoms with Gasteiger partial charge in [-0.15, -0.1) is 0 Å². The van der Waals surface area contributed by atoms with Gasteiger partial charge in [0.2, 0.25) is 5.91 Å². The zero-order chi connectivity index (χ0) is 21.5. The maximum absolute atomic E-state index is 12.9. The molecule has 1 saturated carbocycles. The summed E-state index contributed by atoms with van der Waals surface area (Å²) in [5.41, 5.74) is -0.759. The lowest BCUT2D eigenvalue weighted by Gasteiger charge is -2.52. The number of alkyl halides is 3. The number of benzene rings is 1. The zero-order valence-corrected chi connectivity index (χ0v) is 17.1. The van der Waals surface area contributed by atoms with Crippen LogP contribution >= 0.6 is 0 Å². The lowest BCUT2D eigenvalue weighted by Crippen LogP contribution is -2.60. The number of rotatable bonds is 2. The van der Waals surface area contributed by atoms with E-state index in [1.807, 2.05) is 0 Å². The Morgan fingerprint density at radius 2 is 2.00 bits per heavy atom. The summed E-state index contributed by atoms with van der Waals surface area (Å²) in [5, 5.41) is 5.53. The predicted molar refractivity (Wildman–Crippen MR) is 107 cm³/mol. The van der Waals surface area contributed by atoms with E-state index in [1.54, 1.807) is 0 Å². The second-order valence-electron chi connectivity index (χ2n) is 8.93. The topological polar surface area (TPSA) is 61.4 Å². The Morgan fingerprint density at radius 1 is 1.20 bits per heavy atom. The Hall–Kier alpha value is -2.25. The number of nitrogens with one attached hydrogen (secondary N) is 2. The van der Waals surface area contributed by atoms with Gasteiger partial charge in [-0.1, -0.05) is 13.0 Å². The van der Waals surface area contributed by atoms with Crippen LogP contribution in [0.5, 0.6) is 0 Å². The summed E-state index contributed by atoms with van der Waals surface area (Å²) in [7, 11) is 0. The van der Waals surface area contributed by atoms with Crippen LogP contribution in [0.25, 0.3) is 0 Å². The van der Waals surface area contributed by atoms with Crippen molar-refractivity contribution in [1.29, 1.82) is 0 Å². The molecule has 2 aliphatic heterocycles. The van der Waals surface area contributed by atoms with Crippen LogP contribution in [0.1, 0.15) is 57.4 Å². The van der Waals surface area contributed by atoms with E-state index in [9.17, 15) is 22.8 Å². The van der Waals surface area contributed by atoms with Gasteiger partial charge in [0.1, 0.15) is 0 Å². The fourth-order valence-electron chi connectivity index (χ4n) is 6.00. The number of halogens is 3. The molecule has 4 rings (SSSR count). The molecule has 0 radical (unpaired) electrons. The number of carbonyl (C=O) groups is 2. The first-order valence-corrected chi connectivity index (χ1v) is 10.8. The van der Waals surface area contributed by atoms with E-state index >= 15 is 0 Å². The van der Waals surface area contributed by atoms with Crippen molar-refractivity contribution in [2.75, 3.05) is 11.9 Å². The predicted octanol–water partition coefficient (Wildman–Crippen LogP) is 4.79. The van der Waals surface area contributed by atoms with Gasteiger partial charge in [0.15, 0.2) is 0 Å². The fraction of sp³-hybridized carbons (Fsp3) is 0.636. The van der Waals surface area contributed by atoms with Crippen molar-refractivity contribution < 1.29 is 22.8 Å². The van der Waals surface area contributed by atoms with Crippen LogP contribution < -0.4 is 10.6 Å². The fourth-order valence-corrected chi connectivity index (χ4v) is 6.00. The first-order chi connectivity index (χ1) is 14.2. The first-order valence-electron chi connectivity index (χ1n) is 10.8. The Labute approximate surface area is 174 Å². The molecule has 0 aromatic heterocycles. The average Bonchev–Trinajstić information content (AvgIpc) is 3.05. The number of nitrogens with zero attached hydrogens (tertiary/aromatic N) is 1. The molecule has 1 spiro atoms. The van der Waals surface area contributed by atoms with Gasteiger partial charge in [-0.05, 0) is 68.6 Å². The molecule has 3 aliphatic rings. The molecule has 0 bridgehead atoms. The van der Waals surface area contributed by atoms with Gasteiger partial charge in [0, 0.05) is 30.2 Å². The minimum Gasteiger partial charge on any atom is -0.337 e. The summed E-state index contributed by atoms with van der Waals surface area (Å²) in [6.45, 7) is 2.96. The summed E-state index contributed by atoms with van der Waals surface area (Å²) in [6.07, 6.45) is 1.66.